The van der Waals surface area contributed by atoms with Crippen molar-refractivity contribution >= 4 is 0 Å². The van der Waals surface area contributed by atoms with E-state index < -0.39 is 0 Å². The molecule has 0 aliphatic carbocycles. The first-order valence-corrected chi connectivity index (χ1v) is 7.51. The number of hydrogen-bond donors (Lipinski definition) is 0. The highest BCUT2D eigenvalue weighted by Crippen LogP contribution is 2.31. The summed E-state index contributed by atoms with van der Waals surface area (Å²) in [5.41, 5.74) is 2.78. The average molecular weight is 264 g/mol. The van der Waals surface area contributed by atoms with E-state index in [0.717, 1.165) is 13.1 Å². The molecule has 0 atom stereocenters. The van der Waals surface area contributed by atoms with E-state index in [2.05, 4.69) is 72.5 Å². The van der Waals surface area contributed by atoms with Gasteiger partial charge in [-0.05, 0) is 43.0 Å². The van der Waals surface area contributed by atoms with Gasteiger partial charge >= 0.3 is 0 Å². The van der Waals surface area contributed by atoms with Gasteiger partial charge in [0.25, 0.3) is 0 Å². The Hall–Kier alpha value is -1.60. The minimum atomic E-state index is 0.380. The van der Waals surface area contributed by atoms with E-state index in [1.165, 1.54) is 24.0 Å². The van der Waals surface area contributed by atoms with Crippen molar-refractivity contribution in [3.63, 3.8) is 0 Å². The van der Waals surface area contributed by atoms with Gasteiger partial charge < -0.3 is 0 Å². The number of benzene rings is 2. The third-order valence-electron chi connectivity index (χ3n) is 4.24. The van der Waals surface area contributed by atoms with E-state index in [9.17, 15) is 0 Å². The summed E-state index contributed by atoms with van der Waals surface area (Å²) in [6, 6.07) is 22.1. The summed E-state index contributed by atoms with van der Waals surface area (Å²) in [4.78, 5) is 2.60. The van der Waals surface area contributed by atoms with Crippen molar-refractivity contribution in [3.8, 4) is 0 Å². The molecule has 2 aromatic carbocycles. The van der Waals surface area contributed by atoms with Crippen LogP contribution in [0.15, 0.2) is 60.7 Å². The summed E-state index contributed by atoms with van der Waals surface area (Å²) in [7, 11) is 0. The van der Waals surface area contributed by atoms with Crippen LogP contribution in [0.5, 0.6) is 0 Å². The molecule has 0 spiro atoms. The maximum atomic E-state index is 4.21. The predicted molar refractivity (Wildman–Crippen MR) is 84.4 cm³/mol. The fraction of sp³-hybridized carbons (Fsp3) is 0.316. The molecule has 1 radical (unpaired) electrons. The topological polar surface area (TPSA) is 3.24 Å². The molecule has 1 nitrogen and oxygen atoms in total. The number of likely N-dealkylation sites (tertiary alicyclic amines) is 1. The summed E-state index contributed by atoms with van der Waals surface area (Å²) in [5.74, 6) is 0.624. The predicted octanol–water partition coefficient (Wildman–Crippen LogP) is 4.32. The molecule has 103 valence electrons. The molecule has 0 saturated carbocycles. The third kappa shape index (κ3) is 2.94. The third-order valence-corrected chi connectivity index (χ3v) is 4.24. The van der Waals surface area contributed by atoms with Crippen LogP contribution in [0.3, 0.4) is 0 Å². The normalized spacial score (nSPS) is 17.5. The van der Waals surface area contributed by atoms with Crippen LogP contribution in [0.4, 0.5) is 0 Å². The second-order valence-electron chi connectivity index (χ2n) is 5.70. The molecule has 0 amide bonds. The number of piperidine rings is 1. The molecule has 1 fully saturated rings. The first kappa shape index (κ1) is 13.4. The Morgan fingerprint density at radius 2 is 1.25 bits per heavy atom. The van der Waals surface area contributed by atoms with E-state index in [1.54, 1.807) is 0 Å². The van der Waals surface area contributed by atoms with Gasteiger partial charge in [0.1, 0.15) is 0 Å². The molecular formula is C19H22N. The molecule has 1 heteroatoms. The van der Waals surface area contributed by atoms with Gasteiger partial charge in [-0.1, -0.05) is 67.6 Å². The van der Waals surface area contributed by atoms with Crippen LogP contribution in [-0.4, -0.2) is 18.0 Å². The van der Waals surface area contributed by atoms with Crippen molar-refractivity contribution in [2.75, 3.05) is 13.1 Å². The molecule has 1 aliphatic rings. The summed E-state index contributed by atoms with van der Waals surface area (Å²) in [6.07, 6.45) is 2.41. The van der Waals surface area contributed by atoms with Crippen LogP contribution < -0.4 is 0 Å². The number of hydrogen-bond acceptors (Lipinski definition) is 1. The zero-order valence-electron chi connectivity index (χ0n) is 11.9. The lowest BCUT2D eigenvalue weighted by atomic mass is 9.92. The fourth-order valence-electron chi connectivity index (χ4n) is 3.10. The quantitative estimate of drug-likeness (QED) is 0.798. The standard InChI is InChI=1S/C19H22N/c1-16-12-14-20(15-13-16)19(17-8-4-2-5-9-17)18-10-6-3-7-11-18/h2-11,16,19H,1,12-15H2. The van der Waals surface area contributed by atoms with Crippen molar-refractivity contribution in [2.24, 2.45) is 5.92 Å². The Bertz CT molecular complexity index is 472. The zero-order valence-corrected chi connectivity index (χ0v) is 11.9. The Morgan fingerprint density at radius 1 is 0.800 bits per heavy atom. The van der Waals surface area contributed by atoms with Gasteiger partial charge in [-0.15, -0.1) is 0 Å². The fourth-order valence-corrected chi connectivity index (χ4v) is 3.10. The monoisotopic (exact) mass is 264 g/mol. The first-order valence-electron chi connectivity index (χ1n) is 7.51. The minimum absolute atomic E-state index is 0.380. The molecule has 2 aromatic rings. The Labute approximate surface area is 122 Å². The highest BCUT2D eigenvalue weighted by Gasteiger charge is 2.25. The molecule has 1 aliphatic heterocycles. The maximum Gasteiger partial charge on any atom is 0.0601 e. The van der Waals surface area contributed by atoms with Crippen LogP contribution in [0.1, 0.15) is 30.0 Å². The molecule has 1 heterocycles. The van der Waals surface area contributed by atoms with Crippen LogP contribution in [0, 0.1) is 12.8 Å². The van der Waals surface area contributed by atoms with Crippen LogP contribution in [-0.2, 0) is 0 Å². The lowest BCUT2D eigenvalue weighted by Gasteiger charge is -2.37. The Morgan fingerprint density at radius 3 is 1.70 bits per heavy atom. The highest BCUT2D eigenvalue weighted by molar-refractivity contribution is 5.31. The molecule has 20 heavy (non-hydrogen) atoms. The minimum Gasteiger partial charge on any atom is -0.292 e. The van der Waals surface area contributed by atoms with Gasteiger partial charge in [-0.25, -0.2) is 0 Å². The van der Waals surface area contributed by atoms with Crippen molar-refractivity contribution in [3.05, 3.63) is 78.7 Å². The second kappa shape index (κ2) is 6.23. The van der Waals surface area contributed by atoms with Gasteiger partial charge in [-0.2, -0.15) is 0 Å². The van der Waals surface area contributed by atoms with Gasteiger partial charge in [0, 0.05) is 0 Å². The van der Waals surface area contributed by atoms with Gasteiger partial charge in [0.2, 0.25) is 0 Å². The van der Waals surface area contributed by atoms with Gasteiger partial charge in [-0.3, -0.25) is 4.90 Å². The molecule has 3 rings (SSSR count). The number of rotatable bonds is 3. The summed E-state index contributed by atoms with van der Waals surface area (Å²) < 4.78 is 0. The molecule has 0 N–H and O–H groups in total. The second-order valence-corrected chi connectivity index (χ2v) is 5.70. The zero-order chi connectivity index (χ0) is 13.8. The van der Waals surface area contributed by atoms with E-state index in [4.69, 9.17) is 0 Å². The van der Waals surface area contributed by atoms with Crippen molar-refractivity contribution in [1.29, 1.82) is 0 Å². The van der Waals surface area contributed by atoms with E-state index in [-0.39, 0.29) is 0 Å². The lowest BCUT2D eigenvalue weighted by molar-refractivity contribution is 0.165. The molecule has 1 saturated heterocycles. The molecule has 0 bridgehead atoms. The van der Waals surface area contributed by atoms with Crippen LogP contribution >= 0.6 is 0 Å². The van der Waals surface area contributed by atoms with Gasteiger partial charge in [0.15, 0.2) is 0 Å². The number of nitrogens with zero attached hydrogens (tertiary/aromatic N) is 1. The highest BCUT2D eigenvalue weighted by atomic mass is 15.2. The largest absolute Gasteiger partial charge is 0.292 e. The van der Waals surface area contributed by atoms with E-state index >= 15 is 0 Å². The molecule has 0 unspecified atom stereocenters. The van der Waals surface area contributed by atoms with Crippen molar-refractivity contribution in [1.82, 2.24) is 4.90 Å². The average Bonchev–Trinajstić information content (AvgIpc) is 2.52. The Kier molecular flexibility index (Phi) is 4.17. The van der Waals surface area contributed by atoms with Crippen molar-refractivity contribution in [2.45, 2.75) is 18.9 Å². The molecular weight excluding hydrogens is 242 g/mol. The lowest BCUT2D eigenvalue weighted by Crippen LogP contribution is -2.36. The summed E-state index contributed by atoms with van der Waals surface area (Å²) in [6.45, 7) is 6.49. The van der Waals surface area contributed by atoms with Crippen LogP contribution in [0.25, 0.3) is 0 Å². The van der Waals surface area contributed by atoms with E-state index in [0.29, 0.717) is 12.0 Å². The van der Waals surface area contributed by atoms with E-state index in [1.807, 2.05) is 0 Å². The SMILES string of the molecule is [CH2]C1CCN(C(c2ccccc2)c2ccccc2)CC1. The summed E-state index contributed by atoms with van der Waals surface area (Å²) >= 11 is 0. The van der Waals surface area contributed by atoms with Gasteiger partial charge in [0.05, 0.1) is 6.04 Å². The van der Waals surface area contributed by atoms with Crippen molar-refractivity contribution < 1.29 is 0 Å². The van der Waals surface area contributed by atoms with Crippen LogP contribution in [0.2, 0.25) is 0 Å². The summed E-state index contributed by atoms with van der Waals surface area (Å²) in [5, 5.41) is 0. The smallest absolute Gasteiger partial charge is 0.0601 e. The molecule has 0 aromatic heterocycles. The Balaban J connectivity index is 1.92. The first-order chi connectivity index (χ1) is 9.84. The maximum absolute atomic E-state index is 4.21.